The molecule has 0 radical (unpaired) electrons. The molecule has 0 aromatic heterocycles. The summed E-state index contributed by atoms with van der Waals surface area (Å²) in [5, 5.41) is 9.74. The lowest BCUT2D eigenvalue weighted by Crippen LogP contribution is -2.49. The molecule has 1 saturated heterocycles. The average molecular weight is 489 g/mol. The Morgan fingerprint density at radius 3 is 2.33 bits per heavy atom. The van der Waals surface area contributed by atoms with Gasteiger partial charge in [-0.25, -0.2) is 5.01 Å². The zero-order chi connectivity index (χ0) is 23.6. The fraction of sp³-hybridized carbons (Fsp3) is 0.440. The third-order valence-electron chi connectivity index (χ3n) is 6.42. The van der Waals surface area contributed by atoms with Crippen LogP contribution in [0, 0.1) is 5.41 Å². The summed E-state index contributed by atoms with van der Waals surface area (Å²) < 4.78 is 5.33. The summed E-state index contributed by atoms with van der Waals surface area (Å²) in [6.45, 7) is 5.81. The van der Waals surface area contributed by atoms with Crippen LogP contribution in [0.15, 0.2) is 47.6 Å². The van der Waals surface area contributed by atoms with E-state index in [1.54, 1.807) is 19.2 Å². The van der Waals surface area contributed by atoms with Crippen molar-refractivity contribution < 1.29 is 9.53 Å². The number of halogens is 2. The van der Waals surface area contributed by atoms with Crippen LogP contribution in [0.4, 0.5) is 5.69 Å². The second-order valence-electron chi connectivity index (χ2n) is 9.13. The van der Waals surface area contributed by atoms with Gasteiger partial charge in [0.15, 0.2) is 0 Å². The molecule has 0 spiro atoms. The average Bonchev–Trinajstić information content (AvgIpc) is 2.92. The van der Waals surface area contributed by atoms with Crippen LogP contribution in [-0.2, 0) is 4.79 Å². The van der Waals surface area contributed by atoms with Gasteiger partial charge in [0.2, 0.25) is 0 Å². The fourth-order valence-electron chi connectivity index (χ4n) is 4.65. The molecule has 1 fully saturated rings. The van der Waals surface area contributed by atoms with Crippen LogP contribution >= 0.6 is 23.2 Å². The number of benzene rings is 2. The van der Waals surface area contributed by atoms with Crippen molar-refractivity contribution in [2.75, 3.05) is 25.2 Å². The lowest BCUT2D eigenvalue weighted by Gasteiger charge is -2.34. The predicted octanol–water partition coefficient (Wildman–Crippen LogP) is 5.85. The number of carbonyl (C=O) groups is 1. The number of hydrogen-bond acceptors (Lipinski definition) is 5. The molecule has 33 heavy (non-hydrogen) atoms. The molecule has 2 aromatic carbocycles. The van der Waals surface area contributed by atoms with Crippen LogP contribution in [-0.4, -0.2) is 36.8 Å². The van der Waals surface area contributed by atoms with Crippen molar-refractivity contribution in [3.05, 3.63) is 58.1 Å². The van der Waals surface area contributed by atoms with Crippen LogP contribution in [0.1, 0.15) is 51.1 Å². The van der Waals surface area contributed by atoms with E-state index in [1.165, 1.54) is 12.8 Å². The summed E-state index contributed by atoms with van der Waals surface area (Å²) in [5.74, 6) is 0.596. The second kappa shape index (κ2) is 9.92. The zero-order valence-electron chi connectivity index (χ0n) is 19.3. The molecule has 2 heterocycles. The highest BCUT2D eigenvalue weighted by Crippen LogP contribution is 2.49. The number of hydrazine groups is 1. The van der Waals surface area contributed by atoms with Crippen molar-refractivity contribution in [3.8, 4) is 5.75 Å². The van der Waals surface area contributed by atoms with Gasteiger partial charge in [0, 0.05) is 23.5 Å². The molecule has 2 aromatic rings. The molecule has 8 heteroatoms. The topological polar surface area (TPSA) is 57.2 Å². The number of hydrazone groups is 1. The molecule has 1 N–H and O–H groups in total. The van der Waals surface area contributed by atoms with Crippen molar-refractivity contribution in [2.45, 2.75) is 45.6 Å². The monoisotopic (exact) mass is 488 g/mol. The Balaban J connectivity index is 1.72. The Hall–Kier alpha value is -2.28. The van der Waals surface area contributed by atoms with Crippen LogP contribution in [0.5, 0.6) is 5.75 Å². The maximum Gasteiger partial charge on any atom is 0.282 e. The summed E-state index contributed by atoms with van der Waals surface area (Å²) >= 11 is 12.7. The number of hydrogen-bond donors (Lipinski definition) is 1. The zero-order valence-corrected chi connectivity index (χ0v) is 20.8. The Kier molecular flexibility index (Phi) is 7.17. The van der Waals surface area contributed by atoms with E-state index < -0.39 is 5.41 Å². The number of carbonyl (C=O) groups excluding carboxylic acids is 1. The van der Waals surface area contributed by atoms with E-state index >= 15 is 0 Å². The van der Waals surface area contributed by atoms with E-state index in [4.69, 9.17) is 33.0 Å². The standard InChI is InChI=1S/C25H30Cl2N4O2/c1-25(2)22(24(32)29-30-14-6-4-5-7-15-30)28-31(21-13-10-18(26)16-20(21)27)23(25)17-8-11-19(33-3)12-9-17/h8-13,16,23H,4-7,14-15H2,1-3H3,(H,29,32). The van der Waals surface area contributed by atoms with Gasteiger partial charge in [0.25, 0.3) is 5.91 Å². The number of amides is 1. The third kappa shape index (κ3) is 4.98. The minimum absolute atomic E-state index is 0.173. The Morgan fingerprint density at radius 1 is 1.06 bits per heavy atom. The summed E-state index contributed by atoms with van der Waals surface area (Å²) in [4.78, 5) is 13.5. The maximum atomic E-state index is 13.5. The summed E-state index contributed by atoms with van der Waals surface area (Å²) in [6.07, 6.45) is 4.55. The highest BCUT2D eigenvalue weighted by molar-refractivity contribution is 6.42. The smallest absolute Gasteiger partial charge is 0.282 e. The van der Waals surface area contributed by atoms with Gasteiger partial charge in [-0.05, 0) is 48.7 Å². The number of methoxy groups -OCH3 is 1. The van der Waals surface area contributed by atoms with Gasteiger partial charge < -0.3 is 4.74 Å². The van der Waals surface area contributed by atoms with Crippen molar-refractivity contribution in [1.82, 2.24) is 10.4 Å². The lowest BCUT2D eigenvalue weighted by atomic mass is 9.77. The van der Waals surface area contributed by atoms with Gasteiger partial charge in [-0.3, -0.25) is 15.2 Å². The highest BCUT2D eigenvalue weighted by atomic mass is 35.5. The minimum Gasteiger partial charge on any atom is -0.497 e. The first-order valence-electron chi connectivity index (χ1n) is 11.3. The summed E-state index contributed by atoms with van der Waals surface area (Å²) in [7, 11) is 1.64. The SMILES string of the molecule is COc1ccc(C2N(c3ccc(Cl)cc3Cl)N=C(C(=O)NN3CCCCCC3)C2(C)C)cc1. The van der Waals surface area contributed by atoms with E-state index in [0.717, 1.165) is 37.2 Å². The van der Waals surface area contributed by atoms with Gasteiger partial charge >= 0.3 is 0 Å². The van der Waals surface area contributed by atoms with E-state index in [-0.39, 0.29) is 11.9 Å². The number of ether oxygens (including phenoxy) is 1. The fourth-order valence-corrected chi connectivity index (χ4v) is 5.15. The molecule has 6 nitrogen and oxygen atoms in total. The minimum atomic E-state index is -0.590. The Bertz CT molecular complexity index is 1030. The van der Waals surface area contributed by atoms with E-state index in [2.05, 4.69) is 5.43 Å². The Labute approximate surface area is 205 Å². The maximum absolute atomic E-state index is 13.5. The summed E-state index contributed by atoms with van der Waals surface area (Å²) in [6, 6.07) is 12.9. The molecule has 2 aliphatic heterocycles. The first-order valence-corrected chi connectivity index (χ1v) is 12.1. The molecule has 4 rings (SSSR count). The van der Waals surface area contributed by atoms with Crippen LogP contribution in [0.3, 0.4) is 0 Å². The molecule has 0 aliphatic carbocycles. The predicted molar refractivity (Wildman–Crippen MR) is 134 cm³/mol. The van der Waals surface area contributed by atoms with Gasteiger partial charge in [0.1, 0.15) is 11.5 Å². The quantitative estimate of drug-likeness (QED) is 0.572. The number of nitrogens with one attached hydrogen (secondary N) is 1. The summed E-state index contributed by atoms with van der Waals surface area (Å²) in [5.41, 5.74) is 4.70. The molecular formula is C25H30Cl2N4O2. The van der Waals surface area contributed by atoms with Crippen molar-refractivity contribution in [2.24, 2.45) is 10.5 Å². The number of anilines is 1. The van der Waals surface area contributed by atoms with Crippen molar-refractivity contribution in [3.63, 3.8) is 0 Å². The molecule has 176 valence electrons. The first kappa shape index (κ1) is 23.9. The van der Waals surface area contributed by atoms with E-state index in [0.29, 0.717) is 21.4 Å². The van der Waals surface area contributed by atoms with Crippen molar-refractivity contribution >= 4 is 40.5 Å². The van der Waals surface area contributed by atoms with Gasteiger partial charge in [0.05, 0.1) is 23.9 Å². The number of rotatable bonds is 5. The van der Waals surface area contributed by atoms with Crippen LogP contribution in [0.25, 0.3) is 0 Å². The normalized spacial score (nSPS) is 20.8. The third-order valence-corrected chi connectivity index (χ3v) is 6.95. The van der Waals surface area contributed by atoms with Crippen LogP contribution in [0.2, 0.25) is 10.0 Å². The largest absolute Gasteiger partial charge is 0.497 e. The van der Waals surface area contributed by atoms with Gasteiger partial charge in [-0.2, -0.15) is 5.10 Å². The molecule has 0 saturated carbocycles. The van der Waals surface area contributed by atoms with Gasteiger partial charge in [-0.1, -0.05) is 62.0 Å². The van der Waals surface area contributed by atoms with Crippen LogP contribution < -0.4 is 15.2 Å². The molecule has 1 amide bonds. The highest BCUT2D eigenvalue weighted by Gasteiger charge is 2.49. The number of nitrogens with zero attached hydrogens (tertiary/aromatic N) is 3. The molecular weight excluding hydrogens is 459 g/mol. The Morgan fingerprint density at radius 2 is 1.73 bits per heavy atom. The molecule has 2 aliphatic rings. The van der Waals surface area contributed by atoms with E-state index in [1.807, 2.05) is 54.2 Å². The second-order valence-corrected chi connectivity index (χ2v) is 9.97. The van der Waals surface area contributed by atoms with E-state index in [9.17, 15) is 4.79 Å². The first-order chi connectivity index (χ1) is 15.8. The molecule has 0 bridgehead atoms. The lowest BCUT2D eigenvalue weighted by molar-refractivity contribution is -0.119. The molecule has 1 unspecified atom stereocenters. The van der Waals surface area contributed by atoms with Gasteiger partial charge in [-0.15, -0.1) is 0 Å². The van der Waals surface area contributed by atoms with Crippen molar-refractivity contribution in [1.29, 1.82) is 0 Å². The molecule has 1 atom stereocenters.